The number of imide groups is 1. The van der Waals surface area contributed by atoms with Crippen molar-refractivity contribution in [1.29, 1.82) is 0 Å². The Kier molecular flexibility index (Phi) is 4.79. The predicted octanol–water partition coefficient (Wildman–Crippen LogP) is 3.90. The van der Waals surface area contributed by atoms with Gasteiger partial charge in [0, 0.05) is 17.0 Å². The number of anilines is 1. The molecule has 1 aliphatic heterocycles. The molecule has 1 aromatic heterocycles. The third-order valence-corrected chi connectivity index (χ3v) is 5.63. The first kappa shape index (κ1) is 18.1. The fourth-order valence-electron chi connectivity index (χ4n) is 3.27. The number of carbonyl (C=O) groups excluding carboxylic acids is 3. The molecule has 1 unspecified atom stereocenters. The molecule has 1 atom stereocenters. The Bertz CT molecular complexity index is 1010. The van der Waals surface area contributed by atoms with E-state index in [0.717, 1.165) is 15.3 Å². The van der Waals surface area contributed by atoms with Crippen molar-refractivity contribution in [3.8, 4) is 0 Å². The number of aryl methyl sites for hydroxylation is 1. The maximum absolute atomic E-state index is 13.1. The van der Waals surface area contributed by atoms with E-state index in [1.54, 1.807) is 36.4 Å². The minimum atomic E-state index is -0.924. The molecule has 0 aliphatic carbocycles. The van der Waals surface area contributed by atoms with E-state index in [4.69, 9.17) is 0 Å². The number of hydrogen-bond acceptors (Lipinski definition) is 4. The van der Waals surface area contributed by atoms with Crippen LogP contribution in [0.15, 0.2) is 66.0 Å². The Hall–Kier alpha value is -3.25. The standard InChI is InChI=1S/C22H18N2O3S/c1-14-8-10-15(11-9-14)23-20(25)19(13-16-5-4-12-28-16)24-21(26)17-6-2-3-7-18(17)22(24)27/h2-12,19H,13H2,1H3,(H,23,25). The molecule has 140 valence electrons. The molecule has 0 fully saturated rings. The average Bonchev–Trinajstić information content (AvgIpc) is 3.29. The second-order valence-electron chi connectivity index (χ2n) is 6.68. The lowest BCUT2D eigenvalue weighted by Gasteiger charge is -2.25. The van der Waals surface area contributed by atoms with Crippen molar-refractivity contribution < 1.29 is 14.4 Å². The minimum Gasteiger partial charge on any atom is -0.324 e. The topological polar surface area (TPSA) is 66.5 Å². The van der Waals surface area contributed by atoms with Gasteiger partial charge in [0.15, 0.2) is 0 Å². The summed E-state index contributed by atoms with van der Waals surface area (Å²) in [5.74, 6) is -1.24. The molecular weight excluding hydrogens is 372 g/mol. The van der Waals surface area contributed by atoms with E-state index in [-0.39, 0.29) is 12.3 Å². The Morgan fingerprint density at radius 1 is 0.964 bits per heavy atom. The second kappa shape index (κ2) is 7.40. The third kappa shape index (κ3) is 3.34. The van der Waals surface area contributed by atoms with Crippen LogP contribution in [0.2, 0.25) is 0 Å². The van der Waals surface area contributed by atoms with Crippen LogP contribution in [-0.2, 0) is 11.2 Å². The van der Waals surface area contributed by atoms with Crippen LogP contribution in [-0.4, -0.2) is 28.7 Å². The smallest absolute Gasteiger partial charge is 0.262 e. The maximum atomic E-state index is 13.1. The number of hydrogen-bond donors (Lipinski definition) is 1. The van der Waals surface area contributed by atoms with Crippen molar-refractivity contribution in [2.45, 2.75) is 19.4 Å². The van der Waals surface area contributed by atoms with Gasteiger partial charge < -0.3 is 5.32 Å². The molecular formula is C22H18N2O3S. The first-order valence-electron chi connectivity index (χ1n) is 8.91. The van der Waals surface area contributed by atoms with Gasteiger partial charge in [-0.2, -0.15) is 0 Å². The highest BCUT2D eigenvalue weighted by Crippen LogP contribution is 2.27. The molecule has 0 saturated heterocycles. The van der Waals surface area contributed by atoms with E-state index in [0.29, 0.717) is 16.8 Å². The second-order valence-corrected chi connectivity index (χ2v) is 7.71. The first-order valence-corrected chi connectivity index (χ1v) is 9.79. The molecule has 0 saturated carbocycles. The highest BCUT2D eigenvalue weighted by Gasteiger charge is 2.42. The predicted molar refractivity (Wildman–Crippen MR) is 109 cm³/mol. The highest BCUT2D eigenvalue weighted by molar-refractivity contribution is 7.09. The Morgan fingerprint density at radius 3 is 2.18 bits per heavy atom. The number of amides is 3. The summed E-state index contributed by atoms with van der Waals surface area (Å²) in [4.78, 5) is 40.9. The van der Waals surface area contributed by atoms with Gasteiger partial charge in [0.2, 0.25) is 5.91 Å². The van der Waals surface area contributed by atoms with Gasteiger partial charge in [-0.15, -0.1) is 11.3 Å². The average molecular weight is 390 g/mol. The highest BCUT2D eigenvalue weighted by atomic mass is 32.1. The summed E-state index contributed by atoms with van der Waals surface area (Å²) >= 11 is 1.49. The van der Waals surface area contributed by atoms with Gasteiger partial charge in [-0.05, 0) is 42.6 Å². The molecule has 0 radical (unpaired) electrons. The van der Waals surface area contributed by atoms with Crippen LogP contribution < -0.4 is 5.32 Å². The number of rotatable bonds is 5. The van der Waals surface area contributed by atoms with Gasteiger partial charge in [0.1, 0.15) is 6.04 Å². The number of thiophene rings is 1. The summed E-state index contributed by atoms with van der Waals surface area (Å²) in [5.41, 5.74) is 2.38. The van der Waals surface area contributed by atoms with Crippen LogP contribution in [0.1, 0.15) is 31.2 Å². The summed E-state index contributed by atoms with van der Waals surface area (Å²) in [6.07, 6.45) is 0.279. The normalized spacial score (nSPS) is 14.1. The van der Waals surface area contributed by atoms with Crippen LogP contribution in [0.25, 0.3) is 0 Å². The lowest BCUT2D eigenvalue weighted by atomic mass is 10.1. The molecule has 6 heteroatoms. The summed E-state index contributed by atoms with van der Waals surface area (Å²) in [6.45, 7) is 1.96. The van der Waals surface area contributed by atoms with Crippen molar-refractivity contribution in [2.75, 3.05) is 5.32 Å². The van der Waals surface area contributed by atoms with E-state index in [9.17, 15) is 14.4 Å². The number of nitrogens with one attached hydrogen (secondary N) is 1. The van der Waals surface area contributed by atoms with Gasteiger partial charge in [-0.1, -0.05) is 35.9 Å². The molecule has 0 spiro atoms. The first-order chi connectivity index (χ1) is 13.5. The van der Waals surface area contributed by atoms with Crippen molar-refractivity contribution in [1.82, 2.24) is 4.90 Å². The number of carbonyl (C=O) groups is 3. The monoisotopic (exact) mass is 390 g/mol. The Balaban J connectivity index is 1.66. The summed E-state index contributed by atoms with van der Waals surface area (Å²) in [6, 6.07) is 16.9. The van der Waals surface area contributed by atoms with E-state index in [2.05, 4.69) is 5.32 Å². The van der Waals surface area contributed by atoms with Crippen molar-refractivity contribution >= 4 is 34.7 Å². The van der Waals surface area contributed by atoms with Crippen molar-refractivity contribution in [3.05, 3.63) is 87.6 Å². The third-order valence-electron chi connectivity index (χ3n) is 4.73. The van der Waals surface area contributed by atoms with E-state index >= 15 is 0 Å². The molecule has 3 aromatic rings. The Morgan fingerprint density at radius 2 is 1.61 bits per heavy atom. The molecule has 2 heterocycles. The lowest BCUT2D eigenvalue weighted by molar-refractivity contribution is -0.119. The summed E-state index contributed by atoms with van der Waals surface area (Å²) in [7, 11) is 0. The zero-order chi connectivity index (χ0) is 19.7. The van der Waals surface area contributed by atoms with Crippen LogP contribution in [0, 0.1) is 6.92 Å². The zero-order valence-corrected chi connectivity index (χ0v) is 16.0. The summed E-state index contributed by atoms with van der Waals surface area (Å²) in [5, 5.41) is 4.76. The number of nitrogens with zero attached hydrogens (tertiary/aromatic N) is 1. The van der Waals surface area contributed by atoms with E-state index in [1.807, 2.05) is 36.6 Å². The molecule has 1 aliphatic rings. The zero-order valence-electron chi connectivity index (χ0n) is 15.2. The molecule has 0 bridgehead atoms. The van der Waals surface area contributed by atoms with E-state index in [1.165, 1.54) is 11.3 Å². The van der Waals surface area contributed by atoms with Gasteiger partial charge in [-0.3, -0.25) is 19.3 Å². The van der Waals surface area contributed by atoms with Gasteiger partial charge >= 0.3 is 0 Å². The fraction of sp³-hybridized carbons (Fsp3) is 0.136. The van der Waals surface area contributed by atoms with Crippen molar-refractivity contribution in [3.63, 3.8) is 0 Å². The molecule has 1 N–H and O–H groups in total. The number of benzene rings is 2. The van der Waals surface area contributed by atoms with Crippen LogP contribution >= 0.6 is 11.3 Å². The molecule has 5 nitrogen and oxygen atoms in total. The quantitative estimate of drug-likeness (QED) is 0.672. The SMILES string of the molecule is Cc1ccc(NC(=O)C(Cc2cccs2)N2C(=O)c3ccccc3C2=O)cc1. The largest absolute Gasteiger partial charge is 0.324 e. The van der Waals surface area contributed by atoms with Gasteiger partial charge in [-0.25, -0.2) is 0 Å². The molecule has 3 amide bonds. The maximum Gasteiger partial charge on any atom is 0.262 e. The minimum absolute atomic E-state index is 0.279. The Labute approximate surface area is 166 Å². The molecule has 28 heavy (non-hydrogen) atoms. The van der Waals surface area contributed by atoms with Crippen molar-refractivity contribution in [2.24, 2.45) is 0 Å². The van der Waals surface area contributed by atoms with Crippen LogP contribution in [0.3, 0.4) is 0 Å². The lowest BCUT2D eigenvalue weighted by Crippen LogP contribution is -2.48. The van der Waals surface area contributed by atoms with Crippen LogP contribution in [0.5, 0.6) is 0 Å². The van der Waals surface area contributed by atoms with Gasteiger partial charge in [0.05, 0.1) is 11.1 Å². The van der Waals surface area contributed by atoms with Gasteiger partial charge in [0.25, 0.3) is 11.8 Å². The molecule has 4 rings (SSSR count). The molecule has 2 aromatic carbocycles. The summed E-state index contributed by atoms with van der Waals surface area (Å²) < 4.78 is 0. The van der Waals surface area contributed by atoms with Crippen LogP contribution in [0.4, 0.5) is 5.69 Å². The number of fused-ring (bicyclic) bond motifs is 1. The van der Waals surface area contributed by atoms with E-state index < -0.39 is 17.9 Å². The fourth-order valence-corrected chi connectivity index (χ4v) is 4.02.